The van der Waals surface area contributed by atoms with Crippen LogP contribution in [0.25, 0.3) is 5.57 Å². The van der Waals surface area contributed by atoms with Gasteiger partial charge in [0.05, 0.1) is 15.4 Å². The molecule has 0 N–H and O–H groups in total. The highest BCUT2D eigenvalue weighted by Gasteiger charge is 2.73. The number of aryl methyl sites for hydroxylation is 1. The molecule has 8 nitrogen and oxygen atoms in total. The largest absolute Gasteiger partial charge is 0.417 e. The molecule has 0 bridgehead atoms. The van der Waals surface area contributed by atoms with Gasteiger partial charge in [-0.05, 0) is 62.0 Å². The Balaban J connectivity index is 2.12. The van der Waals surface area contributed by atoms with E-state index in [0.717, 1.165) is 12.0 Å². The van der Waals surface area contributed by atoms with Gasteiger partial charge < -0.3 is 0 Å². The minimum atomic E-state index is -4.82. The van der Waals surface area contributed by atoms with E-state index in [-0.39, 0.29) is 28.0 Å². The zero-order valence-electron chi connectivity index (χ0n) is 17.4. The Morgan fingerprint density at radius 3 is 2.16 bits per heavy atom. The molecule has 2 unspecified atom stereocenters. The van der Waals surface area contributed by atoms with E-state index in [2.05, 4.69) is 0 Å². The van der Waals surface area contributed by atoms with Gasteiger partial charge in [0.2, 0.25) is 0 Å². The van der Waals surface area contributed by atoms with Gasteiger partial charge in [0.1, 0.15) is 0 Å². The number of nitro groups is 2. The molecule has 0 aromatic heterocycles. The number of hydrogen-bond acceptors (Lipinski definition) is 6. The van der Waals surface area contributed by atoms with E-state index in [1.165, 1.54) is 30.3 Å². The second kappa shape index (κ2) is 7.98. The summed E-state index contributed by atoms with van der Waals surface area (Å²) in [5, 5.41) is 25.2. The van der Waals surface area contributed by atoms with Crippen molar-refractivity contribution in [3.63, 3.8) is 0 Å². The fourth-order valence-electron chi connectivity index (χ4n) is 4.75. The predicted octanol–water partition coefficient (Wildman–Crippen LogP) is 4.35. The third-order valence-electron chi connectivity index (χ3n) is 6.27. The second-order valence-corrected chi connectivity index (χ2v) is 10.2. The summed E-state index contributed by atoms with van der Waals surface area (Å²) in [6.45, 7) is 1.76. The standard InChI is InChI=1S/C23H22N2O6S/c1-16-11-13-19(14-12-16)32(30,31)23(25(28)29)21(17-7-3-2-4-8-17)15-18-9-5-6-10-20(18)22(23)24(26)27/h2-4,7-8,11-15,22H,5-6,9-10H2,1H3. The summed E-state index contributed by atoms with van der Waals surface area (Å²) in [7, 11) is -4.82. The van der Waals surface area contributed by atoms with Gasteiger partial charge in [-0.1, -0.05) is 48.0 Å². The van der Waals surface area contributed by atoms with Gasteiger partial charge in [-0.15, -0.1) is 0 Å². The first-order valence-corrected chi connectivity index (χ1v) is 11.8. The van der Waals surface area contributed by atoms with E-state index in [0.29, 0.717) is 18.4 Å². The van der Waals surface area contributed by atoms with Crippen molar-refractivity contribution in [3.8, 4) is 0 Å². The average molecular weight is 455 g/mol. The summed E-state index contributed by atoms with van der Waals surface area (Å²) in [6, 6.07) is 11.7. The molecule has 0 aliphatic heterocycles. The summed E-state index contributed by atoms with van der Waals surface area (Å²) in [5.74, 6) is 0. The monoisotopic (exact) mass is 454 g/mol. The molecule has 0 fully saturated rings. The molecule has 0 saturated carbocycles. The first-order valence-electron chi connectivity index (χ1n) is 10.3. The highest BCUT2D eigenvalue weighted by molar-refractivity contribution is 7.93. The number of allylic oxidation sites excluding steroid dienone is 2. The maximum absolute atomic E-state index is 14.0. The predicted molar refractivity (Wildman–Crippen MR) is 119 cm³/mol. The molecule has 2 aromatic carbocycles. The van der Waals surface area contributed by atoms with Crippen molar-refractivity contribution in [1.29, 1.82) is 0 Å². The molecule has 4 rings (SSSR count). The molecule has 2 atom stereocenters. The molecule has 2 aliphatic carbocycles. The van der Waals surface area contributed by atoms with Crippen LogP contribution in [0.15, 0.2) is 76.7 Å². The van der Waals surface area contributed by atoms with Crippen LogP contribution in [0, 0.1) is 27.2 Å². The molecule has 0 radical (unpaired) electrons. The van der Waals surface area contributed by atoms with Gasteiger partial charge in [-0.3, -0.25) is 20.2 Å². The van der Waals surface area contributed by atoms with Gasteiger partial charge in [0.15, 0.2) is 0 Å². The summed E-state index contributed by atoms with van der Waals surface area (Å²) in [5.41, 5.74) is 1.77. The highest BCUT2D eigenvalue weighted by atomic mass is 32.2. The Morgan fingerprint density at radius 2 is 1.56 bits per heavy atom. The zero-order valence-corrected chi connectivity index (χ0v) is 18.2. The van der Waals surface area contributed by atoms with Crippen molar-refractivity contribution in [2.24, 2.45) is 0 Å². The van der Waals surface area contributed by atoms with Crippen LogP contribution < -0.4 is 0 Å². The number of nitrogens with zero attached hydrogens (tertiary/aromatic N) is 2. The SMILES string of the molecule is Cc1ccc(S(=O)(=O)C2([N+](=O)[O-])C(c3ccccc3)=CC3=C(CCCC3)C2[N+](=O)[O-])cc1. The van der Waals surface area contributed by atoms with Crippen LogP contribution in [-0.4, -0.2) is 29.2 Å². The maximum atomic E-state index is 14.0. The Morgan fingerprint density at radius 1 is 0.938 bits per heavy atom. The lowest BCUT2D eigenvalue weighted by atomic mass is 9.75. The summed E-state index contributed by atoms with van der Waals surface area (Å²) < 4.78 is 28.1. The zero-order chi connectivity index (χ0) is 23.1. The fourth-order valence-corrected chi connectivity index (χ4v) is 6.79. The molecule has 166 valence electrons. The molecule has 0 heterocycles. The lowest BCUT2D eigenvalue weighted by Crippen LogP contribution is -2.61. The minimum Gasteiger partial charge on any atom is -0.264 e. The van der Waals surface area contributed by atoms with E-state index < -0.39 is 30.6 Å². The molecule has 0 saturated heterocycles. The Hall–Kier alpha value is -3.33. The molecular formula is C23H22N2O6S. The second-order valence-electron chi connectivity index (χ2n) is 8.14. The smallest absolute Gasteiger partial charge is 0.264 e. The van der Waals surface area contributed by atoms with Crippen LogP contribution >= 0.6 is 0 Å². The molecule has 9 heteroatoms. The molecule has 2 aliphatic rings. The van der Waals surface area contributed by atoms with Crippen molar-refractivity contribution in [2.75, 3.05) is 0 Å². The van der Waals surface area contributed by atoms with Crippen LogP contribution in [0.3, 0.4) is 0 Å². The number of sulfone groups is 1. The van der Waals surface area contributed by atoms with Crippen molar-refractivity contribution >= 4 is 15.4 Å². The first-order chi connectivity index (χ1) is 15.2. The lowest BCUT2D eigenvalue weighted by molar-refractivity contribution is -0.611. The topological polar surface area (TPSA) is 120 Å². The molecular weight excluding hydrogens is 432 g/mol. The van der Waals surface area contributed by atoms with Gasteiger partial charge in [-0.25, -0.2) is 8.42 Å². The third-order valence-corrected chi connectivity index (χ3v) is 8.57. The quantitative estimate of drug-likeness (QED) is 0.489. The van der Waals surface area contributed by atoms with Crippen molar-refractivity contribution in [2.45, 2.75) is 48.4 Å². The minimum absolute atomic E-state index is 0.161. The van der Waals surface area contributed by atoms with Crippen molar-refractivity contribution in [3.05, 3.63) is 103 Å². The number of hydrogen-bond donors (Lipinski definition) is 0. The molecule has 2 aromatic rings. The van der Waals surface area contributed by atoms with Crippen molar-refractivity contribution < 1.29 is 18.3 Å². The highest BCUT2D eigenvalue weighted by Crippen LogP contribution is 2.50. The fraction of sp³-hybridized carbons (Fsp3) is 0.304. The van der Waals surface area contributed by atoms with E-state index in [9.17, 15) is 28.6 Å². The van der Waals surface area contributed by atoms with Crippen LogP contribution in [0.2, 0.25) is 0 Å². The Labute approximate surface area is 185 Å². The van der Waals surface area contributed by atoms with Gasteiger partial charge in [0, 0.05) is 10.5 Å². The van der Waals surface area contributed by atoms with Crippen LogP contribution in [0.5, 0.6) is 0 Å². The van der Waals surface area contributed by atoms with E-state index in [1.807, 2.05) is 0 Å². The number of rotatable bonds is 5. The van der Waals surface area contributed by atoms with Gasteiger partial charge >= 0.3 is 10.9 Å². The van der Waals surface area contributed by atoms with Gasteiger partial charge in [-0.2, -0.15) is 0 Å². The molecule has 0 amide bonds. The Kier molecular flexibility index (Phi) is 5.46. The third kappa shape index (κ3) is 3.15. The van der Waals surface area contributed by atoms with E-state index in [4.69, 9.17) is 0 Å². The van der Waals surface area contributed by atoms with Gasteiger partial charge in [0.25, 0.3) is 9.84 Å². The summed E-state index contributed by atoms with van der Waals surface area (Å²) in [6.07, 6.45) is 3.71. The Bertz CT molecular complexity index is 1250. The summed E-state index contributed by atoms with van der Waals surface area (Å²) >= 11 is 0. The van der Waals surface area contributed by atoms with Crippen molar-refractivity contribution in [1.82, 2.24) is 0 Å². The van der Waals surface area contributed by atoms with Crippen LogP contribution in [0.1, 0.15) is 36.8 Å². The van der Waals surface area contributed by atoms with E-state index >= 15 is 0 Å². The van der Waals surface area contributed by atoms with Crippen LogP contribution in [0.4, 0.5) is 0 Å². The average Bonchev–Trinajstić information content (AvgIpc) is 2.78. The summed E-state index contributed by atoms with van der Waals surface area (Å²) in [4.78, 5) is 20.2. The first kappa shape index (κ1) is 21.9. The normalized spacial score (nSPS) is 23.3. The number of benzene rings is 2. The van der Waals surface area contributed by atoms with E-state index in [1.54, 1.807) is 37.3 Å². The molecule has 0 spiro atoms. The molecule has 32 heavy (non-hydrogen) atoms. The lowest BCUT2D eigenvalue weighted by Gasteiger charge is -2.36. The maximum Gasteiger partial charge on any atom is 0.417 e. The van der Waals surface area contributed by atoms with Crippen LogP contribution in [-0.2, 0) is 9.84 Å².